The summed E-state index contributed by atoms with van der Waals surface area (Å²) in [7, 11) is 0. The van der Waals surface area contributed by atoms with Gasteiger partial charge >= 0.3 is 0 Å². The second kappa shape index (κ2) is 5.11. The minimum absolute atomic E-state index is 0.650. The van der Waals surface area contributed by atoms with Gasteiger partial charge in [-0.15, -0.1) is 0 Å². The first-order chi connectivity index (χ1) is 8.83. The van der Waals surface area contributed by atoms with Crippen molar-refractivity contribution in [3.8, 4) is 0 Å². The topological polar surface area (TPSA) is 15.3 Å². The van der Waals surface area contributed by atoms with Crippen molar-refractivity contribution in [3.63, 3.8) is 0 Å². The van der Waals surface area contributed by atoms with E-state index in [1.54, 1.807) is 0 Å². The summed E-state index contributed by atoms with van der Waals surface area (Å²) < 4.78 is 0. The fourth-order valence-corrected chi connectivity index (χ4v) is 2.59. The third kappa shape index (κ3) is 2.72. The second-order valence-electron chi connectivity index (χ2n) is 5.02. The van der Waals surface area contributed by atoms with Crippen LogP contribution in [-0.2, 0) is 0 Å². The van der Waals surface area contributed by atoms with Gasteiger partial charge in [-0.25, -0.2) is 0 Å². The van der Waals surface area contributed by atoms with Crippen LogP contribution < -0.4 is 5.32 Å². The van der Waals surface area contributed by atoms with Gasteiger partial charge in [-0.2, -0.15) is 0 Å². The lowest BCUT2D eigenvalue weighted by Crippen LogP contribution is -2.42. The van der Waals surface area contributed by atoms with Crippen LogP contribution >= 0.6 is 12.2 Å². The highest BCUT2D eigenvalue weighted by Crippen LogP contribution is 2.23. The number of thiocarbonyl (C=S) groups is 1. The Labute approximate surface area is 114 Å². The molecule has 3 rings (SSSR count). The SMILES string of the molecule is S=C(NC1CC1)N1CC=C(c2ccccc2)CC1. The molecule has 1 aliphatic carbocycles. The average Bonchev–Trinajstić information content (AvgIpc) is 3.24. The number of rotatable bonds is 2. The Hall–Kier alpha value is -1.35. The van der Waals surface area contributed by atoms with Crippen molar-refractivity contribution >= 4 is 22.9 Å². The van der Waals surface area contributed by atoms with Crippen LogP contribution in [0.4, 0.5) is 0 Å². The monoisotopic (exact) mass is 258 g/mol. The molecular formula is C15H18N2S. The summed E-state index contributed by atoms with van der Waals surface area (Å²) in [5.41, 5.74) is 2.79. The van der Waals surface area contributed by atoms with E-state index in [2.05, 4.69) is 46.6 Å². The van der Waals surface area contributed by atoms with E-state index in [4.69, 9.17) is 12.2 Å². The Balaban J connectivity index is 1.62. The highest BCUT2D eigenvalue weighted by atomic mass is 32.1. The molecule has 1 heterocycles. The normalized spacial score (nSPS) is 19.3. The zero-order valence-corrected chi connectivity index (χ0v) is 11.2. The Morgan fingerprint density at radius 2 is 2.00 bits per heavy atom. The molecule has 1 aromatic carbocycles. The van der Waals surface area contributed by atoms with Crippen molar-refractivity contribution in [1.82, 2.24) is 10.2 Å². The van der Waals surface area contributed by atoms with Gasteiger partial charge in [0.05, 0.1) is 0 Å². The summed E-state index contributed by atoms with van der Waals surface area (Å²) >= 11 is 5.43. The molecule has 0 saturated heterocycles. The molecule has 2 aliphatic rings. The van der Waals surface area contributed by atoms with E-state index in [9.17, 15) is 0 Å². The Kier molecular flexibility index (Phi) is 3.33. The lowest BCUT2D eigenvalue weighted by atomic mass is 10.00. The van der Waals surface area contributed by atoms with E-state index in [1.807, 2.05) is 0 Å². The predicted octanol–water partition coefficient (Wildman–Crippen LogP) is 2.81. The van der Waals surface area contributed by atoms with E-state index >= 15 is 0 Å². The first-order valence-electron chi connectivity index (χ1n) is 6.63. The van der Waals surface area contributed by atoms with Crippen LogP contribution in [0.3, 0.4) is 0 Å². The van der Waals surface area contributed by atoms with Crippen LogP contribution in [-0.4, -0.2) is 29.1 Å². The lowest BCUT2D eigenvalue weighted by molar-refractivity contribution is 0.450. The predicted molar refractivity (Wildman–Crippen MR) is 79.4 cm³/mol. The van der Waals surface area contributed by atoms with Crippen molar-refractivity contribution in [1.29, 1.82) is 0 Å². The molecule has 0 unspecified atom stereocenters. The fourth-order valence-electron chi connectivity index (χ4n) is 2.26. The highest BCUT2D eigenvalue weighted by Gasteiger charge is 2.24. The maximum absolute atomic E-state index is 5.43. The van der Waals surface area contributed by atoms with Crippen LogP contribution in [0.1, 0.15) is 24.8 Å². The van der Waals surface area contributed by atoms with Crippen molar-refractivity contribution < 1.29 is 0 Å². The molecule has 0 amide bonds. The largest absolute Gasteiger partial charge is 0.360 e. The first kappa shape index (κ1) is 11.7. The summed E-state index contributed by atoms with van der Waals surface area (Å²) in [4.78, 5) is 2.26. The van der Waals surface area contributed by atoms with Gasteiger partial charge in [-0.05, 0) is 42.6 Å². The molecule has 1 aliphatic heterocycles. The van der Waals surface area contributed by atoms with Crippen LogP contribution in [0.15, 0.2) is 36.4 Å². The molecule has 0 bridgehead atoms. The standard InChI is InChI=1S/C15H18N2S/c18-15(16-14-6-7-14)17-10-8-13(9-11-17)12-4-2-1-3-5-12/h1-5,8,14H,6-7,9-11H2,(H,16,18). The number of hydrogen-bond acceptors (Lipinski definition) is 1. The minimum atomic E-state index is 0.650. The maximum Gasteiger partial charge on any atom is 0.169 e. The molecule has 2 nitrogen and oxygen atoms in total. The van der Waals surface area contributed by atoms with Crippen LogP contribution in [0.25, 0.3) is 5.57 Å². The molecule has 18 heavy (non-hydrogen) atoms. The molecule has 1 fully saturated rings. The van der Waals surface area contributed by atoms with Gasteiger partial charge < -0.3 is 10.2 Å². The van der Waals surface area contributed by atoms with Crippen LogP contribution in [0.5, 0.6) is 0 Å². The van der Waals surface area contributed by atoms with Crippen LogP contribution in [0.2, 0.25) is 0 Å². The molecule has 0 atom stereocenters. The van der Waals surface area contributed by atoms with Gasteiger partial charge in [0.2, 0.25) is 0 Å². The highest BCUT2D eigenvalue weighted by molar-refractivity contribution is 7.80. The van der Waals surface area contributed by atoms with E-state index in [0.717, 1.165) is 24.6 Å². The molecule has 1 aromatic rings. The van der Waals surface area contributed by atoms with Crippen LogP contribution in [0, 0.1) is 0 Å². The molecular weight excluding hydrogens is 240 g/mol. The first-order valence-corrected chi connectivity index (χ1v) is 7.03. The minimum Gasteiger partial charge on any atom is -0.360 e. The van der Waals surface area contributed by atoms with Crippen molar-refractivity contribution in [2.45, 2.75) is 25.3 Å². The van der Waals surface area contributed by atoms with E-state index < -0.39 is 0 Å². The summed E-state index contributed by atoms with van der Waals surface area (Å²) in [6.07, 6.45) is 5.94. The molecule has 1 saturated carbocycles. The van der Waals surface area contributed by atoms with E-state index in [-0.39, 0.29) is 0 Å². The third-order valence-corrected chi connectivity index (χ3v) is 3.92. The molecule has 0 aromatic heterocycles. The number of benzene rings is 1. The smallest absolute Gasteiger partial charge is 0.169 e. The fraction of sp³-hybridized carbons (Fsp3) is 0.400. The zero-order chi connectivity index (χ0) is 12.4. The lowest BCUT2D eigenvalue weighted by Gasteiger charge is -2.29. The Morgan fingerprint density at radius 1 is 1.22 bits per heavy atom. The molecule has 0 spiro atoms. The van der Waals surface area contributed by atoms with Gasteiger partial charge in [0.15, 0.2) is 5.11 Å². The van der Waals surface area contributed by atoms with Crippen molar-refractivity contribution in [2.75, 3.05) is 13.1 Å². The number of hydrogen-bond donors (Lipinski definition) is 1. The molecule has 94 valence electrons. The van der Waals surface area contributed by atoms with Gasteiger partial charge in [0.25, 0.3) is 0 Å². The summed E-state index contributed by atoms with van der Waals surface area (Å²) in [6, 6.07) is 11.3. The van der Waals surface area contributed by atoms with E-state index in [0.29, 0.717) is 6.04 Å². The van der Waals surface area contributed by atoms with Gasteiger partial charge in [0.1, 0.15) is 0 Å². The average molecular weight is 258 g/mol. The quantitative estimate of drug-likeness (QED) is 0.821. The molecule has 1 N–H and O–H groups in total. The Morgan fingerprint density at radius 3 is 2.61 bits per heavy atom. The Bertz CT molecular complexity index is 463. The van der Waals surface area contributed by atoms with Crippen molar-refractivity contribution in [3.05, 3.63) is 42.0 Å². The van der Waals surface area contributed by atoms with Crippen molar-refractivity contribution in [2.24, 2.45) is 0 Å². The molecule has 3 heteroatoms. The molecule has 0 radical (unpaired) electrons. The van der Waals surface area contributed by atoms with Gasteiger partial charge in [0, 0.05) is 19.1 Å². The van der Waals surface area contributed by atoms with E-state index in [1.165, 1.54) is 24.0 Å². The summed E-state index contributed by atoms with van der Waals surface area (Å²) in [6.45, 7) is 1.96. The zero-order valence-electron chi connectivity index (χ0n) is 10.4. The number of nitrogens with one attached hydrogen (secondary N) is 1. The second-order valence-corrected chi connectivity index (χ2v) is 5.40. The summed E-state index contributed by atoms with van der Waals surface area (Å²) in [5.74, 6) is 0. The van der Waals surface area contributed by atoms with Gasteiger partial charge in [-0.3, -0.25) is 0 Å². The van der Waals surface area contributed by atoms with Gasteiger partial charge in [-0.1, -0.05) is 36.4 Å². The third-order valence-electron chi connectivity index (χ3n) is 3.55. The summed E-state index contributed by atoms with van der Waals surface area (Å²) in [5, 5.41) is 4.34. The maximum atomic E-state index is 5.43. The number of nitrogens with zero attached hydrogens (tertiary/aromatic N) is 1.